The standard InChI is InChI=1S/C32H42N2O3/c1-36-29-15-8-14-26-30(29)37-19-9-17-32(26)22-33-21-27(32)31(35)34-18-16-25(23-10-4-2-5-11-23)20-28(34)24-12-6-3-7-13-24/h2,4-5,8,10-11,14-15,24-25,27-28,33H,3,6-7,9,12-13,16-22H2,1H3. The number of amides is 1. The van der Waals surface area contributed by atoms with Crippen LogP contribution in [0, 0.1) is 11.8 Å². The summed E-state index contributed by atoms with van der Waals surface area (Å²) in [7, 11) is 1.71. The summed E-state index contributed by atoms with van der Waals surface area (Å²) < 4.78 is 11.9. The smallest absolute Gasteiger partial charge is 0.228 e. The number of likely N-dealkylation sites (tertiary alicyclic amines) is 1. The van der Waals surface area contributed by atoms with Crippen LogP contribution in [0.1, 0.15) is 74.8 Å². The lowest BCUT2D eigenvalue weighted by Crippen LogP contribution is -2.54. The lowest BCUT2D eigenvalue weighted by molar-refractivity contribution is -0.142. The van der Waals surface area contributed by atoms with Crippen molar-refractivity contribution in [1.29, 1.82) is 0 Å². The first kappa shape index (κ1) is 24.8. The summed E-state index contributed by atoms with van der Waals surface area (Å²) in [5.41, 5.74) is 2.35. The molecule has 2 saturated heterocycles. The van der Waals surface area contributed by atoms with Gasteiger partial charge in [-0.3, -0.25) is 4.79 Å². The number of carbonyl (C=O) groups is 1. The zero-order valence-electron chi connectivity index (χ0n) is 22.3. The highest BCUT2D eigenvalue weighted by Gasteiger charge is 2.52. The monoisotopic (exact) mass is 502 g/mol. The van der Waals surface area contributed by atoms with E-state index in [1.165, 1.54) is 37.7 Å². The number of hydrogen-bond donors (Lipinski definition) is 1. The Labute approximate surface area is 221 Å². The number of methoxy groups -OCH3 is 1. The molecule has 3 fully saturated rings. The normalized spacial score (nSPS) is 30.4. The second-order valence-electron chi connectivity index (χ2n) is 11.8. The maximum atomic E-state index is 14.7. The highest BCUT2D eigenvalue weighted by Crippen LogP contribution is 2.50. The number of benzene rings is 2. The Balaban J connectivity index is 1.32. The number of hydrogen-bond acceptors (Lipinski definition) is 4. The van der Waals surface area contributed by atoms with Crippen LogP contribution >= 0.6 is 0 Å². The molecule has 0 aromatic heterocycles. The summed E-state index contributed by atoms with van der Waals surface area (Å²) in [6.45, 7) is 3.10. The average molecular weight is 503 g/mol. The lowest BCUT2D eigenvalue weighted by atomic mass is 9.68. The van der Waals surface area contributed by atoms with E-state index in [1.807, 2.05) is 6.07 Å². The number of piperidine rings is 1. The number of carbonyl (C=O) groups excluding carboxylic acids is 1. The quantitative estimate of drug-likeness (QED) is 0.584. The molecule has 4 atom stereocenters. The predicted octanol–water partition coefficient (Wildman–Crippen LogP) is 5.68. The molecule has 3 aliphatic heterocycles. The molecule has 4 aliphatic rings. The molecule has 1 spiro atoms. The highest BCUT2D eigenvalue weighted by atomic mass is 16.5. The molecule has 1 N–H and O–H groups in total. The topological polar surface area (TPSA) is 50.8 Å². The molecule has 1 saturated carbocycles. The van der Waals surface area contributed by atoms with E-state index in [0.717, 1.165) is 62.4 Å². The summed E-state index contributed by atoms with van der Waals surface area (Å²) >= 11 is 0. The van der Waals surface area contributed by atoms with Crippen molar-refractivity contribution in [2.75, 3.05) is 33.4 Å². The fraction of sp³-hybridized carbons (Fsp3) is 0.594. The molecule has 0 bridgehead atoms. The molecule has 5 nitrogen and oxygen atoms in total. The van der Waals surface area contributed by atoms with E-state index in [-0.39, 0.29) is 11.3 Å². The number of fused-ring (bicyclic) bond motifs is 2. The molecular weight excluding hydrogens is 460 g/mol. The number of ether oxygens (including phenoxy) is 2. The maximum Gasteiger partial charge on any atom is 0.228 e. The Morgan fingerprint density at radius 3 is 2.68 bits per heavy atom. The predicted molar refractivity (Wildman–Crippen MR) is 146 cm³/mol. The molecule has 5 heteroatoms. The molecule has 3 heterocycles. The highest BCUT2D eigenvalue weighted by molar-refractivity contribution is 5.82. The van der Waals surface area contributed by atoms with E-state index >= 15 is 0 Å². The fourth-order valence-corrected chi connectivity index (χ4v) is 8.01. The average Bonchev–Trinajstić information content (AvgIpc) is 3.30. The Kier molecular flexibility index (Phi) is 7.16. The van der Waals surface area contributed by atoms with Crippen LogP contribution in [0.5, 0.6) is 11.5 Å². The molecule has 4 unspecified atom stereocenters. The van der Waals surface area contributed by atoms with Crippen molar-refractivity contribution in [2.24, 2.45) is 11.8 Å². The third-order valence-corrected chi connectivity index (χ3v) is 9.90. The van der Waals surface area contributed by atoms with Crippen LogP contribution in [0.25, 0.3) is 0 Å². The van der Waals surface area contributed by atoms with Crippen LogP contribution < -0.4 is 14.8 Å². The van der Waals surface area contributed by atoms with Crippen LogP contribution in [0.4, 0.5) is 0 Å². The van der Waals surface area contributed by atoms with E-state index in [1.54, 1.807) is 7.11 Å². The second-order valence-corrected chi connectivity index (χ2v) is 11.8. The van der Waals surface area contributed by atoms with Gasteiger partial charge in [-0.15, -0.1) is 0 Å². The first-order valence-electron chi connectivity index (χ1n) is 14.6. The van der Waals surface area contributed by atoms with Gasteiger partial charge in [0.05, 0.1) is 19.6 Å². The number of rotatable bonds is 4. The molecule has 6 rings (SSSR count). The van der Waals surface area contributed by atoms with Crippen molar-refractivity contribution in [3.63, 3.8) is 0 Å². The van der Waals surface area contributed by atoms with Crippen LogP contribution in [0.3, 0.4) is 0 Å². The molecule has 37 heavy (non-hydrogen) atoms. The van der Waals surface area contributed by atoms with E-state index in [4.69, 9.17) is 9.47 Å². The number of para-hydroxylation sites is 1. The molecule has 1 amide bonds. The first-order valence-corrected chi connectivity index (χ1v) is 14.6. The summed E-state index contributed by atoms with van der Waals surface area (Å²) in [4.78, 5) is 17.0. The minimum absolute atomic E-state index is 0.0700. The Bertz CT molecular complexity index is 1080. The third-order valence-electron chi connectivity index (χ3n) is 9.90. The van der Waals surface area contributed by atoms with Crippen LogP contribution in [-0.4, -0.2) is 50.2 Å². The first-order chi connectivity index (χ1) is 18.2. The molecule has 0 radical (unpaired) electrons. The van der Waals surface area contributed by atoms with Gasteiger partial charge < -0.3 is 19.7 Å². The van der Waals surface area contributed by atoms with Gasteiger partial charge >= 0.3 is 0 Å². The maximum absolute atomic E-state index is 14.7. The van der Waals surface area contributed by atoms with E-state index in [9.17, 15) is 4.79 Å². The molecule has 2 aromatic rings. The Morgan fingerprint density at radius 1 is 1.03 bits per heavy atom. The van der Waals surface area contributed by atoms with Crippen molar-refractivity contribution >= 4 is 5.91 Å². The van der Waals surface area contributed by atoms with Gasteiger partial charge in [0.1, 0.15) is 0 Å². The molecular formula is C32H42N2O3. The lowest BCUT2D eigenvalue weighted by Gasteiger charge is -2.47. The molecule has 198 valence electrons. The fourth-order valence-electron chi connectivity index (χ4n) is 8.01. The van der Waals surface area contributed by atoms with Crippen molar-refractivity contribution in [2.45, 2.75) is 75.2 Å². The SMILES string of the molecule is COc1cccc2c1OCCCC21CNCC1C(=O)N1CCC(c2ccccc2)CC1C1CCCCC1. The largest absolute Gasteiger partial charge is 0.493 e. The summed E-state index contributed by atoms with van der Waals surface area (Å²) in [5.74, 6) is 3.09. The number of nitrogens with one attached hydrogen (secondary N) is 1. The summed E-state index contributed by atoms with van der Waals surface area (Å²) in [6.07, 6.45) is 10.5. The molecule has 1 aliphatic carbocycles. The van der Waals surface area contributed by atoms with Gasteiger partial charge in [0.15, 0.2) is 11.5 Å². The van der Waals surface area contributed by atoms with Gasteiger partial charge in [-0.2, -0.15) is 0 Å². The van der Waals surface area contributed by atoms with E-state index in [2.05, 4.69) is 52.7 Å². The van der Waals surface area contributed by atoms with Gasteiger partial charge in [-0.1, -0.05) is 61.7 Å². The van der Waals surface area contributed by atoms with Crippen molar-refractivity contribution in [3.05, 3.63) is 59.7 Å². The van der Waals surface area contributed by atoms with Gasteiger partial charge in [-0.05, 0) is 62.0 Å². The van der Waals surface area contributed by atoms with Crippen LogP contribution in [-0.2, 0) is 10.2 Å². The minimum atomic E-state index is -0.245. The number of nitrogens with zero attached hydrogens (tertiary/aromatic N) is 1. The summed E-state index contributed by atoms with van der Waals surface area (Å²) in [6, 6.07) is 17.6. The molecule has 2 aromatic carbocycles. The van der Waals surface area contributed by atoms with E-state index < -0.39 is 0 Å². The van der Waals surface area contributed by atoms with Crippen LogP contribution in [0.15, 0.2) is 48.5 Å². The Hall–Kier alpha value is -2.53. The zero-order chi connectivity index (χ0) is 25.2. The summed E-state index contributed by atoms with van der Waals surface area (Å²) in [5, 5.41) is 3.64. The van der Waals surface area contributed by atoms with Gasteiger partial charge in [0, 0.05) is 36.7 Å². The van der Waals surface area contributed by atoms with Gasteiger partial charge in [0.2, 0.25) is 5.91 Å². The third kappa shape index (κ3) is 4.54. The van der Waals surface area contributed by atoms with Crippen molar-refractivity contribution in [3.8, 4) is 11.5 Å². The second kappa shape index (κ2) is 10.7. The minimum Gasteiger partial charge on any atom is -0.493 e. The van der Waals surface area contributed by atoms with Crippen molar-refractivity contribution in [1.82, 2.24) is 10.2 Å². The van der Waals surface area contributed by atoms with Gasteiger partial charge in [0.25, 0.3) is 0 Å². The van der Waals surface area contributed by atoms with Crippen LogP contribution in [0.2, 0.25) is 0 Å². The Morgan fingerprint density at radius 2 is 1.86 bits per heavy atom. The van der Waals surface area contributed by atoms with E-state index in [0.29, 0.717) is 30.4 Å². The van der Waals surface area contributed by atoms with Crippen molar-refractivity contribution < 1.29 is 14.3 Å². The van der Waals surface area contributed by atoms with Gasteiger partial charge in [-0.25, -0.2) is 0 Å². The zero-order valence-corrected chi connectivity index (χ0v) is 22.3.